The van der Waals surface area contributed by atoms with Gasteiger partial charge in [0.2, 0.25) is 5.95 Å². The number of aromatic nitrogens is 3. The second kappa shape index (κ2) is 10.1. The zero-order chi connectivity index (χ0) is 25.1. The van der Waals surface area contributed by atoms with Crippen LogP contribution in [0.4, 0.5) is 17.5 Å². The summed E-state index contributed by atoms with van der Waals surface area (Å²) in [5.41, 5.74) is 0.539. The van der Waals surface area contributed by atoms with Gasteiger partial charge in [-0.25, -0.2) is 4.57 Å². The molecule has 3 N–H and O–H groups in total. The summed E-state index contributed by atoms with van der Waals surface area (Å²) in [4.78, 5) is 48.0. The number of fused-ring (bicyclic) bond motifs is 1. The lowest BCUT2D eigenvalue weighted by molar-refractivity contribution is -0.671. The van der Waals surface area contributed by atoms with Crippen molar-refractivity contribution >= 4 is 29.3 Å². The van der Waals surface area contributed by atoms with Crippen molar-refractivity contribution in [1.29, 1.82) is 0 Å². The van der Waals surface area contributed by atoms with Gasteiger partial charge in [-0.05, 0) is 44.7 Å². The number of H-pyrrole nitrogens is 1. The molecule has 9 heteroatoms. The highest BCUT2D eigenvalue weighted by Gasteiger charge is 2.37. The topological polar surface area (TPSA) is 111 Å². The number of nitrogens with one attached hydrogen (secondary N) is 3. The van der Waals surface area contributed by atoms with E-state index in [2.05, 4.69) is 33.6 Å². The molecule has 35 heavy (non-hydrogen) atoms. The number of allylic oxidation sites excluding steroid dienone is 4. The highest BCUT2D eigenvalue weighted by atomic mass is 16.2. The third-order valence-corrected chi connectivity index (χ3v) is 6.45. The molecule has 2 aromatic rings. The Morgan fingerprint density at radius 2 is 2.11 bits per heavy atom. The average molecular weight is 476 g/mol. The molecule has 0 saturated carbocycles. The van der Waals surface area contributed by atoms with E-state index in [1.54, 1.807) is 29.0 Å². The summed E-state index contributed by atoms with van der Waals surface area (Å²) >= 11 is 0. The maximum atomic E-state index is 13.6. The molecule has 0 fully saturated rings. The second-order valence-corrected chi connectivity index (χ2v) is 8.99. The Morgan fingerprint density at radius 1 is 1.31 bits per heavy atom. The van der Waals surface area contributed by atoms with Crippen LogP contribution in [-0.4, -0.2) is 33.9 Å². The molecule has 3 unspecified atom stereocenters. The van der Waals surface area contributed by atoms with Gasteiger partial charge in [-0.15, -0.1) is 0 Å². The number of aryl methyl sites for hydroxylation is 1. The van der Waals surface area contributed by atoms with Crippen LogP contribution in [0, 0.1) is 5.92 Å². The first kappa shape index (κ1) is 24.1. The number of carbonyl (C=O) groups excluding carboxylic acids is 2. The fourth-order valence-corrected chi connectivity index (χ4v) is 4.21. The summed E-state index contributed by atoms with van der Waals surface area (Å²) in [6, 6.07) is 2.95. The van der Waals surface area contributed by atoms with Crippen molar-refractivity contribution in [2.45, 2.75) is 45.7 Å². The zero-order valence-electron chi connectivity index (χ0n) is 20.4. The molecule has 3 heterocycles. The number of nitrogens with zero attached hydrogens (tertiary/aromatic N) is 3. The Morgan fingerprint density at radius 3 is 2.86 bits per heavy atom. The Hall–Kier alpha value is -4.01. The maximum Gasteiger partial charge on any atom is 0.278 e. The van der Waals surface area contributed by atoms with Crippen LogP contribution in [0.15, 0.2) is 65.3 Å². The van der Waals surface area contributed by atoms with E-state index in [0.717, 1.165) is 12.8 Å². The zero-order valence-corrected chi connectivity index (χ0v) is 20.4. The van der Waals surface area contributed by atoms with Gasteiger partial charge in [-0.1, -0.05) is 31.2 Å². The average Bonchev–Trinajstić information content (AvgIpc) is 2.80. The third-order valence-electron chi connectivity index (χ3n) is 6.45. The van der Waals surface area contributed by atoms with Crippen LogP contribution in [0.3, 0.4) is 0 Å². The molecule has 4 rings (SSSR count). The van der Waals surface area contributed by atoms with Crippen molar-refractivity contribution in [3.05, 3.63) is 76.4 Å². The minimum absolute atomic E-state index is 0.00511. The lowest BCUT2D eigenvalue weighted by atomic mass is 9.97. The van der Waals surface area contributed by atoms with Gasteiger partial charge >= 0.3 is 0 Å². The molecule has 2 aromatic heterocycles. The summed E-state index contributed by atoms with van der Waals surface area (Å²) in [6.07, 6.45) is 15.0. The Kier molecular flexibility index (Phi) is 6.95. The minimum Gasteiger partial charge on any atom is -0.364 e. The summed E-state index contributed by atoms with van der Waals surface area (Å²) in [5, 5.41) is 5.85. The monoisotopic (exact) mass is 475 g/mol. The van der Waals surface area contributed by atoms with Crippen LogP contribution in [0.25, 0.3) is 0 Å². The number of aromatic amines is 1. The molecule has 0 spiro atoms. The standard InChI is InChI=1S/C26H30N6O3/c1-5-18-9-6-11-19(12-7-10-18)25(35)32-17(3)16(2)27-22-21(32)24(34)30-26(28-22)29-23(33)20-13-8-14-31(4)15-20/h6-9,11-18H,5,10H2,1-4H3,(H2-,27,28,29,30,33,34)/p+1. The van der Waals surface area contributed by atoms with Crippen LogP contribution in [-0.2, 0) is 11.8 Å². The number of anilines is 3. The molecule has 2 amide bonds. The number of rotatable bonds is 4. The number of pyridine rings is 1. The van der Waals surface area contributed by atoms with Crippen LogP contribution >= 0.6 is 0 Å². The molecule has 0 aromatic carbocycles. The van der Waals surface area contributed by atoms with E-state index in [9.17, 15) is 14.4 Å². The van der Waals surface area contributed by atoms with Crippen LogP contribution < -0.4 is 25.7 Å². The normalized spacial score (nSPS) is 21.3. The van der Waals surface area contributed by atoms with E-state index in [4.69, 9.17) is 0 Å². The molecule has 1 aliphatic carbocycles. The van der Waals surface area contributed by atoms with E-state index in [1.807, 2.05) is 45.3 Å². The molecule has 3 atom stereocenters. The van der Waals surface area contributed by atoms with Gasteiger partial charge < -0.3 is 5.32 Å². The summed E-state index contributed by atoms with van der Waals surface area (Å²) in [5.74, 6) is 0.0153. The summed E-state index contributed by atoms with van der Waals surface area (Å²) < 4.78 is 1.75. The van der Waals surface area contributed by atoms with Crippen LogP contribution in [0.1, 0.15) is 44.0 Å². The summed E-state index contributed by atoms with van der Waals surface area (Å²) in [6.45, 7) is 5.95. The lowest BCUT2D eigenvalue weighted by Gasteiger charge is -2.39. The Bertz CT molecular complexity index is 1290. The van der Waals surface area contributed by atoms with Crippen molar-refractivity contribution < 1.29 is 14.2 Å². The first-order chi connectivity index (χ1) is 16.8. The van der Waals surface area contributed by atoms with Gasteiger partial charge in [-0.3, -0.25) is 29.6 Å². The van der Waals surface area contributed by atoms with Crippen LogP contribution in [0.2, 0.25) is 0 Å². The predicted molar refractivity (Wildman–Crippen MR) is 135 cm³/mol. The van der Waals surface area contributed by atoms with Crippen LogP contribution in [0.5, 0.6) is 0 Å². The van der Waals surface area contributed by atoms with E-state index in [1.165, 1.54) is 4.90 Å². The predicted octanol–water partition coefficient (Wildman–Crippen LogP) is 2.85. The lowest BCUT2D eigenvalue weighted by Crippen LogP contribution is -2.53. The highest BCUT2D eigenvalue weighted by Crippen LogP contribution is 2.31. The SMILES string of the molecule is CCC1C=CC=C(C(=O)N2c3c(nc(NC(=O)c4ccc[n+](C)c4)[nH]c3=O)NC(C)C2C)C=CC1. The molecular weight excluding hydrogens is 444 g/mol. The number of hydrogen-bond acceptors (Lipinski definition) is 5. The van der Waals surface area contributed by atoms with Gasteiger partial charge in [-0.2, -0.15) is 4.98 Å². The molecule has 0 bridgehead atoms. The molecule has 1 aliphatic heterocycles. The minimum atomic E-state index is -0.513. The second-order valence-electron chi connectivity index (χ2n) is 8.99. The third kappa shape index (κ3) is 5.08. The molecule has 0 saturated heterocycles. The van der Waals surface area contributed by atoms with Crippen molar-refractivity contribution in [1.82, 2.24) is 9.97 Å². The molecular formula is C26H31N6O3+. The summed E-state index contributed by atoms with van der Waals surface area (Å²) in [7, 11) is 1.81. The van der Waals surface area contributed by atoms with E-state index >= 15 is 0 Å². The Labute approximate surface area is 204 Å². The fraction of sp³-hybridized carbons (Fsp3) is 0.346. The maximum absolute atomic E-state index is 13.6. The smallest absolute Gasteiger partial charge is 0.278 e. The molecule has 9 nitrogen and oxygen atoms in total. The molecule has 182 valence electrons. The van der Waals surface area contributed by atoms with Gasteiger partial charge in [0, 0.05) is 17.7 Å². The van der Waals surface area contributed by atoms with Gasteiger partial charge in [0.1, 0.15) is 12.6 Å². The number of hydrogen-bond donors (Lipinski definition) is 3. The van der Waals surface area contributed by atoms with Crippen molar-refractivity contribution in [3.8, 4) is 0 Å². The number of amides is 2. The Balaban J connectivity index is 1.67. The highest BCUT2D eigenvalue weighted by molar-refractivity contribution is 6.10. The van der Waals surface area contributed by atoms with Gasteiger partial charge in [0.25, 0.3) is 17.4 Å². The van der Waals surface area contributed by atoms with Crippen molar-refractivity contribution in [2.75, 3.05) is 15.5 Å². The van der Waals surface area contributed by atoms with Crippen molar-refractivity contribution in [3.63, 3.8) is 0 Å². The number of carbonyl (C=O) groups is 2. The van der Waals surface area contributed by atoms with Gasteiger partial charge in [0.15, 0.2) is 23.9 Å². The van der Waals surface area contributed by atoms with Gasteiger partial charge in [0.05, 0.1) is 6.04 Å². The first-order valence-corrected chi connectivity index (χ1v) is 11.8. The quantitative estimate of drug-likeness (QED) is 0.589. The van der Waals surface area contributed by atoms with E-state index in [0.29, 0.717) is 17.1 Å². The fourth-order valence-electron chi connectivity index (χ4n) is 4.21. The van der Waals surface area contributed by atoms with E-state index in [-0.39, 0.29) is 35.4 Å². The first-order valence-electron chi connectivity index (χ1n) is 11.8. The largest absolute Gasteiger partial charge is 0.364 e. The van der Waals surface area contributed by atoms with Crippen molar-refractivity contribution in [2.24, 2.45) is 13.0 Å². The van der Waals surface area contributed by atoms with E-state index < -0.39 is 11.5 Å². The molecule has 0 radical (unpaired) electrons. The molecule has 2 aliphatic rings.